The maximum atomic E-state index is 2.44. The Morgan fingerprint density at radius 2 is 1.77 bits per heavy atom. The van der Waals surface area contributed by atoms with Crippen molar-refractivity contribution in [2.24, 2.45) is 0 Å². The van der Waals surface area contributed by atoms with Crippen LogP contribution in [-0.4, -0.2) is 29.6 Å². The minimum Gasteiger partial charge on any atom is -0.343 e. The van der Waals surface area contributed by atoms with E-state index in [1.807, 2.05) is 0 Å². The van der Waals surface area contributed by atoms with Crippen LogP contribution in [0.5, 0.6) is 0 Å². The van der Waals surface area contributed by atoms with Crippen molar-refractivity contribution in [3.05, 3.63) is 71.9 Å². The van der Waals surface area contributed by atoms with Crippen LogP contribution in [0.2, 0.25) is 0 Å². The maximum Gasteiger partial charge on any atom is 0.0486 e. The van der Waals surface area contributed by atoms with E-state index in [1.165, 1.54) is 41.5 Å². The monoisotopic (exact) mass is 290 g/mol. The van der Waals surface area contributed by atoms with Gasteiger partial charge in [0.25, 0.3) is 0 Å². The molecule has 0 unspecified atom stereocenters. The summed E-state index contributed by atoms with van der Waals surface area (Å²) in [6, 6.07) is 19.6. The minimum absolute atomic E-state index is 0.673. The fraction of sp³-hybridized carbons (Fsp3) is 0.300. The molecule has 0 spiro atoms. The Bertz CT molecular complexity index is 773. The first-order valence-corrected chi connectivity index (χ1v) is 8.11. The number of nitrogens with zero attached hydrogens (tertiary/aromatic N) is 2. The summed E-state index contributed by atoms with van der Waals surface area (Å²) in [5.74, 6) is 0.673. The molecule has 2 heterocycles. The summed E-state index contributed by atoms with van der Waals surface area (Å²) in [6.07, 6.45) is 3.66. The van der Waals surface area contributed by atoms with Crippen LogP contribution in [0, 0.1) is 0 Å². The van der Waals surface area contributed by atoms with Gasteiger partial charge in [-0.1, -0.05) is 48.5 Å². The molecule has 2 heteroatoms. The van der Waals surface area contributed by atoms with E-state index in [-0.39, 0.29) is 0 Å². The lowest BCUT2D eigenvalue weighted by atomic mass is 9.98. The fourth-order valence-corrected chi connectivity index (χ4v) is 3.70. The van der Waals surface area contributed by atoms with Gasteiger partial charge in [-0.05, 0) is 43.1 Å². The fourth-order valence-electron chi connectivity index (χ4n) is 3.70. The van der Waals surface area contributed by atoms with Crippen LogP contribution in [0.1, 0.15) is 23.5 Å². The molecule has 22 heavy (non-hydrogen) atoms. The van der Waals surface area contributed by atoms with E-state index in [4.69, 9.17) is 0 Å². The van der Waals surface area contributed by atoms with E-state index in [1.54, 1.807) is 0 Å². The molecule has 1 fully saturated rings. The van der Waals surface area contributed by atoms with Gasteiger partial charge < -0.3 is 9.47 Å². The highest BCUT2D eigenvalue weighted by Gasteiger charge is 2.24. The standard InChI is InChI=1S/C20H22N2/c1-21-12-11-17(14-21)19-15-22(13-16-7-3-2-4-8-16)20-10-6-5-9-18(19)20/h2-10,15,17H,11-14H2,1H3/t17-/m0/s1. The second-order valence-corrected chi connectivity index (χ2v) is 6.46. The normalized spacial score (nSPS) is 19.0. The Kier molecular flexibility index (Phi) is 3.47. The van der Waals surface area contributed by atoms with Crippen molar-refractivity contribution in [3.63, 3.8) is 0 Å². The summed E-state index contributed by atoms with van der Waals surface area (Å²) < 4.78 is 2.42. The zero-order valence-electron chi connectivity index (χ0n) is 13.1. The number of aromatic nitrogens is 1. The van der Waals surface area contributed by atoms with Gasteiger partial charge in [0.15, 0.2) is 0 Å². The molecule has 1 atom stereocenters. The maximum absolute atomic E-state index is 2.44. The van der Waals surface area contributed by atoms with Crippen molar-refractivity contribution in [1.29, 1.82) is 0 Å². The van der Waals surface area contributed by atoms with Gasteiger partial charge in [0.05, 0.1) is 0 Å². The molecule has 0 aliphatic carbocycles. The third-order valence-corrected chi connectivity index (χ3v) is 4.85. The predicted octanol–water partition coefficient (Wildman–Crippen LogP) is 4.11. The lowest BCUT2D eigenvalue weighted by Gasteiger charge is -2.09. The number of hydrogen-bond acceptors (Lipinski definition) is 1. The summed E-state index contributed by atoms with van der Waals surface area (Å²) in [7, 11) is 2.23. The molecule has 0 amide bonds. The summed E-state index contributed by atoms with van der Waals surface area (Å²) in [4.78, 5) is 2.44. The molecule has 4 rings (SSSR count). The zero-order chi connectivity index (χ0) is 14.9. The molecule has 0 N–H and O–H groups in total. The van der Waals surface area contributed by atoms with Crippen molar-refractivity contribution in [1.82, 2.24) is 9.47 Å². The number of benzene rings is 2. The Hall–Kier alpha value is -2.06. The van der Waals surface area contributed by atoms with Gasteiger partial charge in [-0.25, -0.2) is 0 Å². The molecule has 0 bridgehead atoms. The van der Waals surface area contributed by atoms with Crippen LogP contribution in [0.4, 0.5) is 0 Å². The molecular weight excluding hydrogens is 268 g/mol. The molecule has 2 aromatic carbocycles. The van der Waals surface area contributed by atoms with E-state index in [0.29, 0.717) is 5.92 Å². The van der Waals surface area contributed by atoms with Crippen molar-refractivity contribution >= 4 is 10.9 Å². The van der Waals surface area contributed by atoms with Gasteiger partial charge in [0.1, 0.15) is 0 Å². The number of fused-ring (bicyclic) bond motifs is 1. The average molecular weight is 290 g/mol. The second-order valence-electron chi connectivity index (χ2n) is 6.46. The van der Waals surface area contributed by atoms with Crippen LogP contribution in [-0.2, 0) is 6.54 Å². The number of likely N-dealkylation sites (N-methyl/N-ethyl adjacent to an activating group) is 1. The molecule has 3 aromatic rings. The lowest BCUT2D eigenvalue weighted by molar-refractivity contribution is 0.412. The highest BCUT2D eigenvalue weighted by Crippen LogP contribution is 2.33. The third kappa shape index (κ3) is 2.44. The summed E-state index contributed by atoms with van der Waals surface area (Å²) in [5.41, 5.74) is 4.24. The van der Waals surface area contributed by atoms with Gasteiger partial charge >= 0.3 is 0 Å². The summed E-state index contributed by atoms with van der Waals surface area (Å²) >= 11 is 0. The Balaban J connectivity index is 1.76. The smallest absolute Gasteiger partial charge is 0.0486 e. The van der Waals surface area contributed by atoms with Crippen molar-refractivity contribution in [2.75, 3.05) is 20.1 Å². The highest BCUT2D eigenvalue weighted by molar-refractivity contribution is 5.84. The van der Waals surface area contributed by atoms with Crippen molar-refractivity contribution in [2.45, 2.75) is 18.9 Å². The minimum atomic E-state index is 0.673. The first-order valence-electron chi connectivity index (χ1n) is 8.11. The van der Waals surface area contributed by atoms with Crippen LogP contribution in [0.25, 0.3) is 10.9 Å². The van der Waals surface area contributed by atoms with Gasteiger partial charge in [0, 0.05) is 30.2 Å². The van der Waals surface area contributed by atoms with Crippen LogP contribution < -0.4 is 0 Å². The average Bonchev–Trinajstić information content (AvgIpc) is 3.13. The third-order valence-electron chi connectivity index (χ3n) is 4.85. The molecule has 1 aliphatic rings. The quantitative estimate of drug-likeness (QED) is 0.705. The van der Waals surface area contributed by atoms with Crippen LogP contribution in [0.3, 0.4) is 0 Å². The number of likely N-dealkylation sites (tertiary alicyclic amines) is 1. The summed E-state index contributed by atoms with van der Waals surface area (Å²) in [5, 5.41) is 1.43. The van der Waals surface area contributed by atoms with Gasteiger partial charge in [-0.2, -0.15) is 0 Å². The van der Waals surface area contributed by atoms with Crippen molar-refractivity contribution in [3.8, 4) is 0 Å². The number of para-hydroxylation sites is 1. The van der Waals surface area contributed by atoms with E-state index < -0.39 is 0 Å². The van der Waals surface area contributed by atoms with E-state index in [2.05, 4.69) is 77.3 Å². The zero-order valence-corrected chi connectivity index (χ0v) is 13.1. The van der Waals surface area contributed by atoms with Gasteiger partial charge in [0.2, 0.25) is 0 Å². The second kappa shape index (κ2) is 5.62. The van der Waals surface area contributed by atoms with E-state index in [0.717, 1.165) is 6.54 Å². The lowest BCUT2D eigenvalue weighted by Crippen LogP contribution is -2.13. The molecule has 112 valence electrons. The molecule has 1 saturated heterocycles. The molecule has 0 saturated carbocycles. The number of rotatable bonds is 3. The van der Waals surface area contributed by atoms with E-state index >= 15 is 0 Å². The Labute approximate surface area is 132 Å². The van der Waals surface area contributed by atoms with Gasteiger partial charge in [-0.3, -0.25) is 0 Å². The topological polar surface area (TPSA) is 8.17 Å². The van der Waals surface area contributed by atoms with Crippen LogP contribution >= 0.6 is 0 Å². The summed E-state index contributed by atoms with van der Waals surface area (Å²) in [6.45, 7) is 3.34. The first-order chi connectivity index (χ1) is 10.8. The largest absolute Gasteiger partial charge is 0.343 e. The molecule has 1 aromatic heterocycles. The predicted molar refractivity (Wildman–Crippen MR) is 92.3 cm³/mol. The SMILES string of the molecule is CN1CC[C@H](c2cn(Cc3ccccc3)c3ccccc23)C1. The van der Waals surface area contributed by atoms with Crippen molar-refractivity contribution < 1.29 is 0 Å². The van der Waals surface area contributed by atoms with E-state index in [9.17, 15) is 0 Å². The Morgan fingerprint density at radius 1 is 1.00 bits per heavy atom. The molecular formula is C20H22N2. The highest BCUT2D eigenvalue weighted by atomic mass is 15.1. The first kappa shape index (κ1) is 13.6. The number of hydrogen-bond donors (Lipinski definition) is 0. The molecule has 2 nitrogen and oxygen atoms in total. The molecule has 0 radical (unpaired) electrons. The Morgan fingerprint density at radius 3 is 2.55 bits per heavy atom. The van der Waals surface area contributed by atoms with Crippen LogP contribution in [0.15, 0.2) is 60.8 Å². The molecule has 1 aliphatic heterocycles. The van der Waals surface area contributed by atoms with Gasteiger partial charge in [-0.15, -0.1) is 0 Å².